The van der Waals surface area contributed by atoms with Crippen LogP contribution in [0.5, 0.6) is 0 Å². The van der Waals surface area contributed by atoms with Gasteiger partial charge in [0.25, 0.3) is 5.91 Å². The van der Waals surface area contributed by atoms with Crippen molar-refractivity contribution in [3.05, 3.63) is 52.0 Å². The highest BCUT2D eigenvalue weighted by molar-refractivity contribution is 7.09. The van der Waals surface area contributed by atoms with Gasteiger partial charge < -0.3 is 10.6 Å². The number of rotatable bonds is 3. The fourth-order valence-electron chi connectivity index (χ4n) is 2.93. The minimum atomic E-state index is 0. The smallest absolute Gasteiger partial charge is 0.273 e. The maximum atomic E-state index is 12.6. The van der Waals surface area contributed by atoms with Crippen molar-refractivity contribution >= 4 is 29.7 Å². The number of benzene rings is 1. The van der Waals surface area contributed by atoms with E-state index in [4.69, 9.17) is 5.73 Å². The predicted octanol–water partition coefficient (Wildman–Crippen LogP) is 3.04. The van der Waals surface area contributed by atoms with E-state index in [2.05, 4.69) is 36.2 Å². The van der Waals surface area contributed by atoms with Gasteiger partial charge in [-0.05, 0) is 18.9 Å². The molecule has 0 radical (unpaired) electrons. The van der Waals surface area contributed by atoms with Crippen molar-refractivity contribution in [3.8, 4) is 0 Å². The lowest BCUT2D eigenvalue weighted by Crippen LogP contribution is -2.34. The fraction of sp³-hybridized carbons (Fsp3) is 0.375. The summed E-state index contributed by atoms with van der Waals surface area (Å²) in [7, 11) is 0. The Labute approximate surface area is 140 Å². The summed E-state index contributed by atoms with van der Waals surface area (Å²) in [5.74, 6) is 0.439. The second-order valence-electron chi connectivity index (χ2n) is 5.48. The van der Waals surface area contributed by atoms with Gasteiger partial charge in [-0.3, -0.25) is 4.79 Å². The lowest BCUT2D eigenvalue weighted by atomic mass is 9.97. The summed E-state index contributed by atoms with van der Waals surface area (Å²) >= 11 is 1.45. The second kappa shape index (κ2) is 7.22. The van der Waals surface area contributed by atoms with Gasteiger partial charge in [0, 0.05) is 30.4 Å². The van der Waals surface area contributed by atoms with Crippen molar-refractivity contribution in [2.75, 3.05) is 6.54 Å². The van der Waals surface area contributed by atoms with Crippen LogP contribution in [0.2, 0.25) is 0 Å². The molecule has 3 rings (SSSR count). The number of halogens is 1. The summed E-state index contributed by atoms with van der Waals surface area (Å²) in [5.41, 5.74) is 7.40. The van der Waals surface area contributed by atoms with E-state index < -0.39 is 0 Å². The Balaban J connectivity index is 0.00000176. The molecule has 2 unspecified atom stereocenters. The average molecular weight is 338 g/mol. The summed E-state index contributed by atoms with van der Waals surface area (Å²) in [6, 6.07) is 10.7. The summed E-state index contributed by atoms with van der Waals surface area (Å²) in [5, 5.41) is 2.62. The number of thiazole rings is 1. The molecule has 1 saturated heterocycles. The highest BCUT2D eigenvalue weighted by Crippen LogP contribution is 2.32. The van der Waals surface area contributed by atoms with Crippen LogP contribution in [0.3, 0.4) is 0 Å². The van der Waals surface area contributed by atoms with Crippen LogP contribution < -0.4 is 5.73 Å². The van der Waals surface area contributed by atoms with Crippen molar-refractivity contribution in [2.45, 2.75) is 31.8 Å². The van der Waals surface area contributed by atoms with Crippen LogP contribution in [0.15, 0.2) is 35.7 Å². The van der Waals surface area contributed by atoms with Crippen molar-refractivity contribution in [1.29, 1.82) is 0 Å². The molecule has 2 N–H and O–H groups in total. The van der Waals surface area contributed by atoms with Gasteiger partial charge in [-0.15, -0.1) is 23.7 Å². The summed E-state index contributed by atoms with van der Waals surface area (Å²) < 4.78 is 0. The molecule has 0 spiro atoms. The third kappa shape index (κ3) is 3.32. The molecular formula is C16H20ClN3OS. The third-order valence-corrected chi connectivity index (χ3v) is 4.92. The highest BCUT2D eigenvalue weighted by Gasteiger charge is 2.34. The van der Waals surface area contributed by atoms with Crippen LogP contribution >= 0.6 is 23.7 Å². The summed E-state index contributed by atoms with van der Waals surface area (Å²) in [6.07, 6.45) is 1.00. The van der Waals surface area contributed by atoms with Gasteiger partial charge in [0.15, 0.2) is 0 Å². The SMILES string of the molecule is CC1CC(c2ccccc2)CN1C(=O)c1csc(CN)n1.Cl. The lowest BCUT2D eigenvalue weighted by Gasteiger charge is -2.20. The van der Waals surface area contributed by atoms with Crippen molar-refractivity contribution in [1.82, 2.24) is 9.88 Å². The van der Waals surface area contributed by atoms with Gasteiger partial charge in [-0.2, -0.15) is 0 Å². The number of hydrogen-bond acceptors (Lipinski definition) is 4. The number of carbonyl (C=O) groups is 1. The zero-order valence-electron chi connectivity index (χ0n) is 12.4. The van der Waals surface area contributed by atoms with Crippen molar-refractivity contribution in [2.24, 2.45) is 5.73 Å². The van der Waals surface area contributed by atoms with E-state index in [0.29, 0.717) is 18.2 Å². The molecule has 2 aromatic rings. The van der Waals surface area contributed by atoms with Gasteiger partial charge in [0.05, 0.1) is 0 Å². The first-order valence-corrected chi connectivity index (χ1v) is 8.07. The van der Waals surface area contributed by atoms with Gasteiger partial charge in [0.1, 0.15) is 10.7 Å². The first kappa shape index (κ1) is 16.9. The van der Waals surface area contributed by atoms with Crippen molar-refractivity contribution in [3.63, 3.8) is 0 Å². The van der Waals surface area contributed by atoms with E-state index in [9.17, 15) is 4.79 Å². The van der Waals surface area contributed by atoms with E-state index >= 15 is 0 Å². The van der Waals surface area contributed by atoms with Gasteiger partial charge in [-0.1, -0.05) is 30.3 Å². The molecule has 1 aromatic heterocycles. The topological polar surface area (TPSA) is 59.2 Å². The minimum absolute atomic E-state index is 0. The molecule has 0 saturated carbocycles. The van der Waals surface area contributed by atoms with Crippen LogP contribution in [0.25, 0.3) is 0 Å². The van der Waals surface area contributed by atoms with Gasteiger partial charge >= 0.3 is 0 Å². The number of nitrogens with two attached hydrogens (primary N) is 1. The van der Waals surface area contributed by atoms with Crippen LogP contribution in [0, 0.1) is 0 Å². The Morgan fingerprint density at radius 2 is 2.14 bits per heavy atom. The molecule has 0 aliphatic carbocycles. The average Bonchev–Trinajstić information content (AvgIpc) is 3.14. The van der Waals surface area contributed by atoms with Crippen LogP contribution in [-0.2, 0) is 6.54 Å². The number of likely N-dealkylation sites (tertiary alicyclic amines) is 1. The molecule has 0 bridgehead atoms. The zero-order valence-corrected chi connectivity index (χ0v) is 14.1. The van der Waals surface area contributed by atoms with Gasteiger partial charge in [-0.25, -0.2) is 4.98 Å². The summed E-state index contributed by atoms with van der Waals surface area (Å²) in [6.45, 7) is 3.26. The van der Waals surface area contributed by atoms with Crippen LogP contribution in [0.4, 0.5) is 0 Å². The van der Waals surface area contributed by atoms with E-state index in [1.165, 1.54) is 16.9 Å². The normalized spacial score (nSPS) is 20.7. The number of amides is 1. The largest absolute Gasteiger partial charge is 0.334 e. The lowest BCUT2D eigenvalue weighted by molar-refractivity contribution is 0.0740. The molecule has 6 heteroatoms. The van der Waals surface area contributed by atoms with E-state index in [-0.39, 0.29) is 24.4 Å². The molecule has 1 amide bonds. The molecule has 118 valence electrons. The monoisotopic (exact) mass is 337 g/mol. The Morgan fingerprint density at radius 3 is 2.77 bits per heavy atom. The molecular weight excluding hydrogens is 318 g/mol. The highest BCUT2D eigenvalue weighted by atomic mass is 35.5. The first-order chi connectivity index (χ1) is 10.2. The molecule has 1 aliphatic heterocycles. The standard InChI is InChI=1S/C16H19N3OS.ClH/c1-11-7-13(12-5-3-2-4-6-12)9-19(11)16(20)14-10-21-15(8-17)18-14;/h2-6,10-11,13H,7-9,17H2,1H3;1H. The first-order valence-electron chi connectivity index (χ1n) is 7.19. The molecule has 1 aliphatic rings. The molecule has 4 nitrogen and oxygen atoms in total. The zero-order chi connectivity index (χ0) is 14.8. The number of hydrogen-bond donors (Lipinski definition) is 1. The maximum absolute atomic E-state index is 12.6. The fourth-order valence-corrected chi connectivity index (χ4v) is 3.58. The number of carbonyl (C=O) groups excluding carboxylic acids is 1. The van der Waals surface area contributed by atoms with E-state index in [1.807, 2.05) is 16.3 Å². The number of nitrogens with zero attached hydrogens (tertiary/aromatic N) is 2. The molecule has 22 heavy (non-hydrogen) atoms. The third-order valence-electron chi connectivity index (χ3n) is 4.05. The minimum Gasteiger partial charge on any atom is -0.334 e. The molecule has 2 heterocycles. The summed E-state index contributed by atoms with van der Waals surface area (Å²) in [4.78, 5) is 18.8. The Kier molecular flexibility index (Phi) is 5.56. The molecule has 1 fully saturated rings. The predicted molar refractivity (Wildman–Crippen MR) is 91.6 cm³/mol. The van der Waals surface area contributed by atoms with Crippen LogP contribution in [-0.4, -0.2) is 28.4 Å². The van der Waals surface area contributed by atoms with Crippen molar-refractivity contribution < 1.29 is 4.79 Å². The van der Waals surface area contributed by atoms with E-state index in [1.54, 1.807) is 0 Å². The quantitative estimate of drug-likeness (QED) is 0.936. The van der Waals surface area contributed by atoms with Crippen LogP contribution in [0.1, 0.15) is 40.3 Å². The Morgan fingerprint density at radius 1 is 1.41 bits per heavy atom. The number of aromatic nitrogens is 1. The van der Waals surface area contributed by atoms with Gasteiger partial charge in [0.2, 0.25) is 0 Å². The Hall–Kier alpha value is -1.43. The maximum Gasteiger partial charge on any atom is 0.273 e. The second-order valence-corrected chi connectivity index (χ2v) is 6.42. The molecule has 1 aromatic carbocycles. The molecule has 2 atom stereocenters. The Bertz CT molecular complexity index is 631. The van der Waals surface area contributed by atoms with E-state index in [0.717, 1.165) is 18.0 Å².